The van der Waals surface area contributed by atoms with Crippen molar-refractivity contribution in [2.75, 3.05) is 38.1 Å². The molecule has 36 heavy (non-hydrogen) atoms. The Balaban J connectivity index is 1.48. The van der Waals surface area contributed by atoms with E-state index in [1.165, 1.54) is 12.1 Å². The number of piperidine rings is 1. The largest absolute Gasteiger partial charge is 0.417 e. The molecular formula is C26H28F3N5O2. The zero-order valence-corrected chi connectivity index (χ0v) is 19.9. The Morgan fingerprint density at radius 1 is 1.14 bits per heavy atom. The molecule has 1 spiro atoms. The molecule has 2 aromatic carbocycles. The van der Waals surface area contributed by atoms with Gasteiger partial charge in [0.2, 0.25) is 5.91 Å². The molecule has 2 aromatic rings. The molecule has 2 heterocycles. The normalized spacial score (nSPS) is 19.1. The third-order valence-corrected chi connectivity index (χ3v) is 7.34. The van der Waals surface area contributed by atoms with Crippen LogP contribution in [0.25, 0.3) is 0 Å². The van der Waals surface area contributed by atoms with E-state index in [2.05, 4.69) is 10.6 Å². The van der Waals surface area contributed by atoms with Crippen molar-refractivity contribution in [3.63, 3.8) is 0 Å². The fourth-order valence-corrected chi connectivity index (χ4v) is 5.31. The van der Waals surface area contributed by atoms with Crippen molar-refractivity contribution < 1.29 is 22.8 Å². The Morgan fingerprint density at radius 2 is 1.83 bits per heavy atom. The third kappa shape index (κ3) is 5.10. The van der Waals surface area contributed by atoms with Crippen molar-refractivity contribution in [2.45, 2.75) is 25.6 Å². The molecule has 1 atom stereocenters. The van der Waals surface area contributed by atoms with Crippen LogP contribution in [0.4, 0.5) is 23.7 Å². The van der Waals surface area contributed by atoms with Gasteiger partial charge in [-0.05, 0) is 36.6 Å². The van der Waals surface area contributed by atoms with Crippen LogP contribution in [0.15, 0.2) is 48.5 Å². The van der Waals surface area contributed by atoms with E-state index in [4.69, 9.17) is 5.26 Å². The maximum atomic E-state index is 13.5. The number of hydrogen-bond acceptors (Lipinski definition) is 4. The highest BCUT2D eigenvalue weighted by Gasteiger charge is 2.51. The Hall–Kier alpha value is -3.74. The topological polar surface area (TPSA) is 88.5 Å². The van der Waals surface area contributed by atoms with Gasteiger partial charge in [0.1, 0.15) is 0 Å². The minimum absolute atomic E-state index is 0.163. The van der Waals surface area contributed by atoms with E-state index in [0.29, 0.717) is 44.7 Å². The van der Waals surface area contributed by atoms with Gasteiger partial charge in [0.25, 0.3) is 0 Å². The average Bonchev–Trinajstić information content (AvgIpc) is 3.25. The number of anilines is 1. The number of rotatable bonds is 4. The summed E-state index contributed by atoms with van der Waals surface area (Å²) in [5.41, 5.74) is -0.563. The average molecular weight is 500 g/mol. The minimum atomic E-state index is -4.66. The molecule has 1 unspecified atom stereocenters. The smallest absolute Gasteiger partial charge is 0.370 e. The summed E-state index contributed by atoms with van der Waals surface area (Å²) in [6, 6.07) is 14.7. The Morgan fingerprint density at radius 3 is 2.44 bits per heavy atom. The number of benzene rings is 2. The number of alkyl halides is 3. The molecule has 0 bridgehead atoms. The number of amides is 3. The van der Waals surface area contributed by atoms with Crippen LogP contribution in [0.1, 0.15) is 29.5 Å². The Bertz CT molecular complexity index is 1150. The van der Waals surface area contributed by atoms with Crippen LogP contribution >= 0.6 is 0 Å². The summed E-state index contributed by atoms with van der Waals surface area (Å²) in [6.07, 6.45) is -3.54. The quantitative estimate of drug-likeness (QED) is 0.671. The molecule has 2 aliphatic heterocycles. The first-order valence-electron chi connectivity index (χ1n) is 11.8. The lowest BCUT2D eigenvalue weighted by Crippen LogP contribution is -2.51. The van der Waals surface area contributed by atoms with Crippen molar-refractivity contribution in [2.24, 2.45) is 11.3 Å². The predicted molar refractivity (Wildman–Crippen MR) is 128 cm³/mol. The van der Waals surface area contributed by atoms with Gasteiger partial charge in [-0.15, -0.1) is 0 Å². The molecule has 2 saturated heterocycles. The Kier molecular flexibility index (Phi) is 7.11. The standard InChI is InChI=1S/C26H28F3N5O2/c1-31-23(35)22-16-34(20-8-7-19(14-30)21(13-20)26(27,28)29)17-25(22)9-11-33(12-10-25)24(36)32-15-18-5-3-2-4-6-18/h2-8,13,22H,9-12,15-17H2,1H3,(H,31,35)(H,32,36). The number of likely N-dealkylation sites (tertiary alicyclic amines) is 1. The fourth-order valence-electron chi connectivity index (χ4n) is 5.31. The van der Waals surface area contributed by atoms with E-state index >= 15 is 0 Å². The van der Waals surface area contributed by atoms with E-state index in [1.54, 1.807) is 22.9 Å². The number of halogens is 3. The first-order chi connectivity index (χ1) is 17.2. The van der Waals surface area contributed by atoms with Crippen molar-refractivity contribution >= 4 is 17.6 Å². The molecule has 2 fully saturated rings. The first-order valence-corrected chi connectivity index (χ1v) is 11.8. The maximum Gasteiger partial charge on any atom is 0.417 e. The molecule has 10 heteroatoms. The van der Waals surface area contributed by atoms with Gasteiger partial charge < -0.3 is 20.4 Å². The summed E-state index contributed by atoms with van der Waals surface area (Å²) in [5, 5.41) is 14.7. The number of hydrogen-bond donors (Lipinski definition) is 2. The van der Waals surface area contributed by atoms with Gasteiger partial charge in [-0.25, -0.2) is 4.79 Å². The fraction of sp³-hybridized carbons (Fsp3) is 0.423. The SMILES string of the molecule is CNC(=O)C1CN(c2ccc(C#N)c(C(F)(F)F)c2)CC12CCN(C(=O)NCc1ccccc1)CC2. The van der Waals surface area contributed by atoms with Crippen LogP contribution in [-0.4, -0.2) is 50.1 Å². The highest BCUT2D eigenvalue weighted by Crippen LogP contribution is 2.47. The second-order valence-electron chi connectivity index (χ2n) is 9.38. The second kappa shape index (κ2) is 10.1. The summed E-state index contributed by atoms with van der Waals surface area (Å²) >= 11 is 0. The van der Waals surface area contributed by atoms with Gasteiger partial charge in [-0.3, -0.25) is 4.79 Å². The number of carbonyl (C=O) groups is 2. The second-order valence-corrected chi connectivity index (χ2v) is 9.38. The van der Waals surface area contributed by atoms with E-state index < -0.39 is 28.6 Å². The molecule has 0 aliphatic carbocycles. The molecule has 0 saturated carbocycles. The van der Waals surface area contributed by atoms with Gasteiger partial charge in [0.15, 0.2) is 0 Å². The molecule has 7 nitrogen and oxygen atoms in total. The lowest BCUT2D eigenvalue weighted by Gasteiger charge is -2.41. The number of urea groups is 1. The van der Waals surface area contributed by atoms with Crippen molar-refractivity contribution in [3.05, 3.63) is 65.2 Å². The number of nitrogens with one attached hydrogen (secondary N) is 2. The van der Waals surface area contributed by atoms with Gasteiger partial charge in [-0.1, -0.05) is 30.3 Å². The highest BCUT2D eigenvalue weighted by atomic mass is 19.4. The molecule has 4 rings (SSSR count). The maximum absolute atomic E-state index is 13.5. The van der Waals surface area contributed by atoms with Crippen LogP contribution < -0.4 is 15.5 Å². The number of nitriles is 1. The molecule has 0 radical (unpaired) electrons. The predicted octanol–water partition coefficient (Wildman–Crippen LogP) is 3.75. The lowest BCUT2D eigenvalue weighted by atomic mass is 9.70. The van der Waals surface area contributed by atoms with Crippen LogP contribution in [0.2, 0.25) is 0 Å². The monoisotopic (exact) mass is 499 g/mol. The summed E-state index contributed by atoms with van der Waals surface area (Å²) in [4.78, 5) is 29.0. The van der Waals surface area contributed by atoms with E-state index in [0.717, 1.165) is 11.6 Å². The summed E-state index contributed by atoms with van der Waals surface area (Å²) in [7, 11) is 1.55. The highest BCUT2D eigenvalue weighted by molar-refractivity contribution is 5.81. The van der Waals surface area contributed by atoms with Crippen molar-refractivity contribution in [3.8, 4) is 6.07 Å². The summed E-state index contributed by atoms with van der Waals surface area (Å²) in [6.45, 7) is 1.97. The van der Waals surface area contributed by atoms with E-state index in [1.807, 2.05) is 30.3 Å². The van der Waals surface area contributed by atoms with Crippen LogP contribution in [-0.2, 0) is 17.5 Å². The van der Waals surface area contributed by atoms with Crippen molar-refractivity contribution in [1.82, 2.24) is 15.5 Å². The molecular weight excluding hydrogens is 471 g/mol. The van der Waals surface area contributed by atoms with Crippen molar-refractivity contribution in [1.29, 1.82) is 5.26 Å². The molecule has 2 N–H and O–H groups in total. The summed E-state index contributed by atoms with van der Waals surface area (Å²) in [5.74, 6) is -0.592. The first kappa shape index (κ1) is 25.4. The lowest BCUT2D eigenvalue weighted by molar-refractivity contribution is -0.137. The Labute approximate surface area is 207 Å². The van der Waals surface area contributed by atoms with Crippen LogP contribution in [0.3, 0.4) is 0 Å². The van der Waals surface area contributed by atoms with Gasteiger partial charge in [0, 0.05) is 50.9 Å². The van der Waals surface area contributed by atoms with Gasteiger partial charge >= 0.3 is 12.2 Å². The minimum Gasteiger partial charge on any atom is -0.370 e. The zero-order chi connectivity index (χ0) is 25.9. The molecule has 3 amide bonds. The molecule has 0 aromatic heterocycles. The number of carbonyl (C=O) groups excluding carboxylic acids is 2. The van der Waals surface area contributed by atoms with Crippen LogP contribution in [0.5, 0.6) is 0 Å². The summed E-state index contributed by atoms with van der Waals surface area (Å²) < 4.78 is 40.6. The number of nitrogens with zero attached hydrogens (tertiary/aromatic N) is 3. The molecule has 190 valence electrons. The zero-order valence-electron chi connectivity index (χ0n) is 19.9. The third-order valence-electron chi connectivity index (χ3n) is 7.34. The van der Waals surface area contributed by atoms with Gasteiger partial charge in [-0.2, -0.15) is 18.4 Å². The van der Waals surface area contributed by atoms with E-state index in [-0.39, 0.29) is 18.5 Å². The molecule has 2 aliphatic rings. The van der Waals surface area contributed by atoms with Crippen LogP contribution in [0, 0.1) is 22.7 Å². The van der Waals surface area contributed by atoms with E-state index in [9.17, 15) is 22.8 Å². The van der Waals surface area contributed by atoms with Gasteiger partial charge in [0.05, 0.1) is 23.1 Å².